The number of hydrogen-bond acceptors (Lipinski definition) is 3. The fourth-order valence-electron chi connectivity index (χ4n) is 2.88. The monoisotopic (exact) mass is 289 g/mol. The average Bonchev–Trinajstić information content (AvgIpc) is 2.53. The van der Waals surface area contributed by atoms with Crippen molar-refractivity contribution in [1.29, 1.82) is 0 Å². The lowest BCUT2D eigenvalue weighted by Crippen LogP contribution is -2.42. The summed E-state index contributed by atoms with van der Waals surface area (Å²) in [5, 5.41) is 3.05. The largest absolute Gasteiger partial charge is 0.356 e. The van der Waals surface area contributed by atoms with Gasteiger partial charge in [-0.2, -0.15) is 0 Å². The van der Waals surface area contributed by atoms with Crippen LogP contribution in [0.2, 0.25) is 0 Å². The highest BCUT2D eigenvalue weighted by Gasteiger charge is 2.25. The van der Waals surface area contributed by atoms with E-state index in [0.29, 0.717) is 6.54 Å². The Bertz CT molecular complexity index is 421. The highest BCUT2D eigenvalue weighted by Crippen LogP contribution is 2.18. The van der Waals surface area contributed by atoms with Crippen molar-refractivity contribution in [2.75, 3.05) is 26.2 Å². The first-order valence-corrected chi connectivity index (χ1v) is 8.03. The first-order valence-electron chi connectivity index (χ1n) is 8.03. The van der Waals surface area contributed by atoms with Crippen molar-refractivity contribution in [2.45, 2.75) is 32.2 Å². The van der Waals surface area contributed by atoms with Gasteiger partial charge in [-0.15, -0.1) is 0 Å². The lowest BCUT2D eigenvalue weighted by molar-refractivity contribution is -0.126. The second-order valence-corrected chi connectivity index (χ2v) is 5.85. The van der Waals surface area contributed by atoms with Crippen LogP contribution in [0.5, 0.6) is 0 Å². The minimum Gasteiger partial charge on any atom is -0.356 e. The fraction of sp³-hybridized carbons (Fsp3) is 0.588. The van der Waals surface area contributed by atoms with Gasteiger partial charge in [-0.1, -0.05) is 30.3 Å². The number of nitrogens with zero attached hydrogens (tertiary/aromatic N) is 1. The number of piperidine rings is 1. The SMILES string of the molecule is NCCCCNC(=O)C1CCCN(Cc2ccccc2)C1. The summed E-state index contributed by atoms with van der Waals surface area (Å²) in [6.45, 7) is 4.36. The van der Waals surface area contributed by atoms with Crippen molar-refractivity contribution in [3.05, 3.63) is 35.9 Å². The molecule has 4 nitrogen and oxygen atoms in total. The van der Waals surface area contributed by atoms with Gasteiger partial charge in [-0.05, 0) is 44.3 Å². The zero-order valence-corrected chi connectivity index (χ0v) is 12.8. The van der Waals surface area contributed by atoms with E-state index in [1.54, 1.807) is 0 Å². The molecule has 1 amide bonds. The van der Waals surface area contributed by atoms with Gasteiger partial charge in [0, 0.05) is 19.6 Å². The van der Waals surface area contributed by atoms with Crippen LogP contribution < -0.4 is 11.1 Å². The molecule has 0 saturated carbocycles. The van der Waals surface area contributed by atoms with Gasteiger partial charge in [-0.3, -0.25) is 9.69 Å². The van der Waals surface area contributed by atoms with E-state index < -0.39 is 0 Å². The van der Waals surface area contributed by atoms with Crippen molar-refractivity contribution in [1.82, 2.24) is 10.2 Å². The summed E-state index contributed by atoms with van der Waals surface area (Å²) >= 11 is 0. The number of unbranched alkanes of at least 4 members (excludes halogenated alkanes) is 1. The van der Waals surface area contributed by atoms with E-state index >= 15 is 0 Å². The van der Waals surface area contributed by atoms with Gasteiger partial charge in [-0.25, -0.2) is 0 Å². The van der Waals surface area contributed by atoms with Gasteiger partial charge in [0.1, 0.15) is 0 Å². The van der Waals surface area contributed by atoms with Crippen LogP contribution >= 0.6 is 0 Å². The lowest BCUT2D eigenvalue weighted by atomic mass is 9.96. The number of carbonyl (C=O) groups excluding carboxylic acids is 1. The van der Waals surface area contributed by atoms with Crippen LogP contribution in [0.1, 0.15) is 31.2 Å². The highest BCUT2D eigenvalue weighted by molar-refractivity contribution is 5.78. The van der Waals surface area contributed by atoms with Gasteiger partial charge in [0.2, 0.25) is 5.91 Å². The van der Waals surface area contributed by atoms with E-state index in [-0.39, 0.29) is 11.8 Å². The molecule has 1 saturated heterocycles. The molecule has 1 heterocycles. The van der Waals surface area contributed by atoms with Gasteiger partial charge in [0.25, 0.3) is 0 Å². The smallest absolute Gasteiger partial charge is 0.224 e. The topological polar surface area (TPSA) is 58.4 Å². The molecule has 3 N–H and O–H groups in total. The minimum atomic E-state index is 0.139. The number of nitrogens with one attached hydrogen (secondary N) is 1. The molecule has 1 atom stereocenters. The Labute approximate surface area is 127 Å². The Kier molecular flexibility index (Phi) is 6.70. The van der Waals surface area contributed by atoms with Crippen LogP contribution in [0.3, 0.4) is 0 Å². The summed E-state index contributed by atoms with van der Waals surface area (Å²) in [6.07, 6.45) is 4.06. The normalized spacial score (nSPS) is 19.4. The third-order valence-corrected chi connectivity index (χ3v) is 4.06. The first kappa shape index (κ1) is 16.0. The predicted octanol–water partition coefficient (Wildman–Crippen LogP) is 1.75. The molecule has 0 aromatic heterocycles. The molecule has 116 valence electrons. The molecular weight excluding hydrogens is 262 g/mol. The summed E-state index contributed by atoms with van der Waals surface area (Å²) < 4.78 is 0. The number of rotatable bonds is 7. The third kappa shape index (κ3) is 5.48. The van der Waals surface area contributed by atoms with E-state index in [2.05, 4.69) is 34.5 Å². The number of hydrogen-bond donors (Lipinski definition) is 2. The molecule has 21 heavy (non-hydrogen) atoms. The van der Waals surface area contributed by atoms with Gasteiger partial charge in [0.15, 0.2) is 0 Å². The van der Waals surface area contributed by atoms with E-state index in [9.17, 15) is 4.79 Å². The number of nitrogens with two attached hydrogens (primary N) is 1. The molecule has 1 unspecified atom stereocenters. The zero-order valence-electron chi connectivity index (χ0n) is 12.8. The Balaban J connectivity index is 1.76. The van der Waals surface area contributed by atoms with Crippen LogP contribution in [-0.2, 0) is 11.3 Å². The molecule has 0 aliphatic carbocycles. The maximum absolute atomic E-state index is 12.2. The van der Waals surface area contributed by atoms with E-state index in [4.69, 9.17) is 5.73 Å². The summed E-state index contributed by atoms with van der Waals surface area (Å²) in [4.78, 5) is 14.6. The Morgan fingerprint density at radius 1 is 1.29 bits per heavy atom. The van der Waals surface area contributed by atoms with Gasteiger partial charge >= 0.3 is 0 Å². The molecule has 4 heteroatoms. The summed E-state index contributed by atoms with van der Waals surface area (Å²) in [5.74, 6) is 0.352. The quantitative estimate of drug-likeness (QED) is 0.752. The molecule has 0 bridgehead atoms. The second kappa shape index (κ2) is 8.80. The minimum absolute atomic E-state index is 0.139. The Morgan fingerprint density at radius 3 is 2.86 bits per heavy atom. The molecule has 2 rings (SSSR count). The molecule has 0 radical (unpaired) electrons. The first-order chi connectivity index (χ1) is 10.3. The second-order valence-electron chi connectivity index (χ2n) is 5.85. The third-order valence-electron chi connectivity index (χ3n) is 4.06. The molecule has 1 aromatic carbocycles. The number of benzene rings is 1. The lowest BCUT2D eigenvalue weighted by Gasteiger charge is -2.32. The number of likely N-dealkylation sites (tertiary alicyclic amines) is 1. The summed E-state index contributed by atoms with van der Waals surface area (Å²) in [7, 11) is 0. The number of carbonyl (C=O) groups is 1. The van der Waals surface area contributed by atoms with Gasteiger partial charge < -0.3 is 11.1 Å². The van der Waals surface area contributed by atoms with Crippen molar-refractivity contribution in [2.24, 2.45) is 11.7 Å². The summed E-state index contributed by atoms with van der Waals surface area (Å²) in [6, 6.07) is 10.5. The van der Waals surface area contributed by atoms with E-state index in [1.807, 2.05) is 6.07 Å². The molecule has 1 aliphatic heterocycles. The van der Waals surface area contributed by atoms with Gasteiger partial charge in [0.05, 0.1) is 5.92 Å². The van der Waals surface area contributed by atoms with Crippen LogP contribution in [-0.4, -0.2) is 37.0 Å². The van der Waals surface area contributed by atoms with Crippen LogP contribution in [0.15, 0.2) is 30.3 Å². The van der Waals surface area contributed by atoms with Crippen molar-refractivity contribution in [3.8, 4) is 0 Å². The number of amides is 1. The van der Waals surface area contributed by atoms with E-state index in [1.165, 1.54) is 5.56 Å². The van der Waals surface area contributed by atoms with Crippen molar-refractivity contribution in [3.63, 3.8) is 0 Å². The zero-order chi connectivity index (χ0) is 14.9. The van der Waals surface area contributed by atoms with Crippen LogP contribution in [0.4, 0.5) is 0 Å². The molecular formula is C17H27N3O. The van der Waals surface area contributed by atoms with Crippen LogP contribution in [0.25, 0.3) is 0 Å². The maximum Gasteiger partial charge on any atom is 0.224 e. The fourth-order valence-corrected chi connectivity index (χ4v) is 2.88. The predicted molar refractivity (Wildman–Crippen MR) is 85.7 cm³/mol. The van der Waals surface area contributed by atoms with Crippen molar-refractivity contribution >= 4 is 5.91 Å². The molecule has 1 aromatic rings. The highest BCUT2D eigenvalue weighted by atomic mass is 16.1. The average molecular weight is 289 g/mol. The van der Waals surface area contributed by atoms with E-state index in [0.717, 1.165) is 51.9 Å². The standard InChI is InChI=1S/C17H27N3O/c18-10-4-5-11-19-17(21)16-9-6-12-20(14-16)13-15-7-2-1-3-8-15/h1-3,7-8,16H,4-6,9-14,18H2,(H,19,21). The summed E-state index contributed by atoms with van der Waals surface area (Å²) in [5.41, 5.74) is 6.78. The maximum atomic E-state index is 12.2. The van der Waals surface area contributed by atoms with Crippen molar-refractivity contribution < 1.29 is 4.79 Å². The molecule has 1 aliphatic rings. The molecule has 1 fully saturated rings. The van der Waals surface area contributed by atoms with Crippen LogP contribution in [0, 0.1) is 5.92 Å². The Hall–Kier alpha value is -1.39. The molecule has 0 spiro atoms. The Morgan fingerprint density at radius 2 is 2.10 bits per heavy atom.